The maximum Gasteiger partial charge on any atom is 0.136 e. The fraction of sp³-hybridized carbons (Fsp3) is 0. The van der Waals surface area contributed by atoms with Crippen molar-refractivity contribution in [1.82, 2.24) is 4.98 Å². The molecule has 0 fully saturated rings. The number of hydrogen-bond donors (Lipinski definition) is 0. The number of pyridine rings is 1. The standard InChI is InChI=1S/C54H30N2O/c55-31-32-9-22-44-46-8-2-7-45-42(27-28-49(53(45)46)57-50(44)30-32)35-12-10-33(11-13-35)40-23-18-37-21-26-48-41(24-19-38-20-25-47(40)51(37)52(38)48)34-14-16-36(17-15-34)43-6-1-4-39-5-3-29-56-54(39)43/h1-30H. The average Bonchev–Trinajstić information content (AvgIpc) is 3.28. The topological polar surface area (TPSA) is 45.9 Å². The Morgan fingerprint density at radius 3 is 1.56 bits per heavy atom. The molecule has 0 saturated carbocycles. The molecule has 1 aliphatic rings. The van der Waals surface area contributed by atoms with Gasteiger partial charge in [0, 0.05) is 28.1 Å². The lowest BCUT2D eigenvalue weighted by molar-refractivity contribution is 0.487. The molecule has 0 amide bonds. The normalized spacial score (nSPS) is 12.0. The van der Waals surface area contributed by atoms with Gasteiger partial charge in [-0.25, -0.2) is 0 Å². The fourth-order valence-electron chi connectivity index (χ4n) is 9.25. The van der Waals surface area contributed by atoms with E-state index in [1.807, 2.05) is 30.5 Å². The number of ether oxygens (including phenoxy) is 1. The third kappa shape index (κ3) is 4.75. The number of nitrogens with zero attached hydrogens (tertiary/aromatic N) is 2. The van der Waals surface area contributed by atoms with Crippen LogP contribution in [0.15, 0.2) is 182 Å². The first kappa shape index (κ1) is 31.5. The Bertz CT molecular complexity index is 3480. The third-order valence-electron chi connectivity index (χ3n) is 11.9. The van der Waals surface area contributed by atoms with Crippen LogP contribution in [-0.4, -0.2) is 4.98 Å². The van der Waals surface area contributed by atoms with Crippen LogP contribution in [0.1, 0.15) is 5.56 Å². The monoisotopic (exact) mass is 722 g/mol. The highest BCUT2D eigenvalue weighted by Gasteiger charge is 2.22. The Labute approximate surface area is 328 Å². The quantitative estimate of drug-likeness (QED) is 0.170. The summed E-state index contributed by atoms with van der Waals surface area (Å²) < 4.78 is 6.36. The summed E-state index contributed by atoms with van der Waals surface area (Å²) in [6, 6.07) is 65.2. The molecule has 0 radical (unpaired) electrons. The number of fused-ring (bicyclic) bond motifs is 3. The van der Waals surface area contributed by atoms with Crippen LogP contribution in [0.4, 0.5) is 0 Å². The van der Waals surface area contributed by atoms with E-state index in [4.69, 9.17) is 9.72 Å². The molecule has 12 rings (SSSR count). The fourth-order valence-corrected chi connectivity index (χ4v) is 9.25. The third-order valence-corrected chi connectivity index (χ3v) is 11.9. The first-order valence-corrected chi connectivity index (χ1v) is 19.2. The molecule has 57 heavy (non-hydrogen) atoms. The van der Waals surface area contributed by atoms with Gasteiger partial charge in [0.2, 0.25) is 0 Å². The lowest BCUT2D eigenvalue weighted by atomic mass is 9.86. The number of aromatic nitrogens is 1. The van der Waals surface area contributed by atoms with Gasteiger partial charge in [0.05, 0.1) is 17.1 Å². The number of rotatable bonds is 4. The average molecular weight is 723 g/mol. The molecule has 3 nitrogen and oxygen atoms in total. The van der Waals surface area contributed by atoms with Crippen LogP contribution in [0.2, 0.25) is 0 Å². The van der Waals surface area contributed by atoms with Gasteiger partial charge in [-0.05, 0) is 113 Å². The Morgan fingerprint density at radius 1 is 0.386 bits per heavy atom. The Hall–Kier alpha value is -7.80. The van der Waals surface area contributed by atoms with Crippen molar-refractivity contribution in [2.75, 3.05) is 0 Å². The summed E-state index contributed by atoms with van der Waals surface area (Å²) in [5.41, 5.74) is 13.2. The van der Waals surface area contributed by atoms with Gasteiger partial charge >= 0.3 is 0 Å². The molecule has 0 atom stereocenters. The zero-order valence-corrected chi connectivity index (χ0v) is 30.6. The van der Waals surface area contributed by atoms with Gasteiger partial charge in [0.15, 0.2) is 0 Å². The maximum absolute atomic E-state index is 9.46. The van der Waals surface area contributed by atoms with Gasteiger partial charge < -0.3 is 4.74 Å². The van der Waals surface area contributed by atoms with Gasteiger partial charge in [-0.15, -0.1) is 0 Å². The Morgan fingerprint density at radius 2 is 0.912 bits per heavy atom. The maximum atomic E-state index is 9.46. The second kappa shape index (κ2) is 12.1. The molecule has 1 aromatic heterocycles. The molecule has 10 aromatic carbocycles. The van der Waals surface area contributed by atoms with E-state index in [2.05, 4.69) is 158 Å². The molecule has 0 spiro atoms. The summed E-state index contributed by atoms with van der Waals surface area (Å²) in [6.45, 7) is 0. The van der Waals surface area contributed by atoms with Gasteiger partial charge in [0.1, 0.15) is 11.5 Å². The molecule has 11 aromatic rings. The van der Waals surface area contributed by atoms with E-state index in [0.717, 1.165) is 66.6 Å². The SMILES string of the molecule is N#Cc1ccc2c(c1)Oc1ccc(-c3ccc(-c4ccc5ccc6c(-c7ccc(-c8cccc9cccnc89)cc7)ccc7ccc4c5c76)cc3)c3cccc-2c13. The molecule has 0 bridgehead atoms. The van der Waals surface area contributed by atoms with Gasteiger partial charge in [-0.2, -0.15) is 5.26 Å². The smallest absolute Gasteiger partial charge is 0.136 e. The van der Waals surface area contributed by atoms with Crippen LogP contribution in [0.5, 0.6) is 11.5 Å². The van der Waals surface area contributed by atoms with Crippen molar-refractivity contribution < 1.29 is 4.74 Å². The Kier molecular flexibility index (Phi) is 6.70. The van der Waals surface area contributed by atoms with Crippen molar-refractivity contribution in [3.63, 3.8) is 0 Å². The minimum atomic E-state index is 0.591. The molecule has 3 heteroatoms. The molecular weight excluding hydrogens is 693 g/mol. The van der Waals surface area contributed by atoms with Crippen molar-refractivity contribution in [2.45, 2.75) is 0 Å². The lowest BCUT2D eigenvalue weighted by Crippen LogP contribution is -1.98. The minimum absolute atomic E-state index is 0.591. The number of benzene rings is 10. The van der Waals surface area contributed by atoms with E-state index in [1.165, 1.54) is 54.6 Å². The predicted molar refractivity (Wildman–Crippen MR) is 235 cm³/mol. The first-order valence-electron chi connectivity index (χ1n) is 19.2. The van der Waals surface area contributed by atoms with Crippen molar-refractivity contribution in [3.8, 4) is 73.2 Å². The second-order valence-corrected chi connectivity index (χ2v) is 14.9. The number of nitriles is 1. The van der Waals surface area contributed by atoms with Gasteiger partial charge in [-0.3, -0.25) is 4.98 Å². The van der Waals surface area contributed by atoms with Crippen LogP contribution in [-0.2, 0) is 0 Å². The summed E-state index contributed by atoms with van der Waals surface area (Å²) >= 11 is 0. The first-order chi connectivity index (χ1) is 28.2. The van der Waals surface area contributed by atoms with Crippen molar-refractivity contribution >= 4 is 54.0 Å². The zero-order chi connectivity index (χ0) is 37.6. The highest BCUT2D eigenvalue weighted by atomic mass is 16.5. The largest absolute Gasteiger partial charge is 0.456 e. The molecule has 0 N–H and O–H groups in total. The van der Waals surface area contributed by atoms with E-state index in [9.17, 15) is 5.26 Å². The molecule has 1 aliphatic heterocycles. The lowest BCUT2D eigenvalue weighted by Gasteiger charge is -2.22. The van der Waals surface area contributed by atoms with Crippen molar-refractivity contribution in [1.29, 1.82) is 5.26 Å². The summed E-state index contributed by atoms with van der Waals surface area (Å²) in [5.74, 6) is 1.54. The minimum Gasteiger partial charge on any atom is -0.456 e. The zero-order valence-electron chi connectivity index (χ0n) is 30.6. The summed E-state index contributed by atoms with van der Waals surface area (Å²) in [6.07, 6.45) is 1.87. The molecule has 2 heterocycles. The molecule has 0 unspecified atom stereocenters. The summed E-state index contributed by atoms with van der Waals surface area (Å²) in [4.78, 5) is 4.69. The predicted octanol–water partition coefficient (Wildman–Crippen LogP) is 14.6. The Balaban J connectivity index is 0.933. The second-order valence-electron chi connectivity index (χ2n) is 14.9. The van der Waals surface area contributed by atoms with Gasteiger partial charge in [0.25, 0.3) is 0 Å². The van der Waals surface area contributed by atoms with Crippen LogP contribution in [0, 0.1) is 11.3 Å². The highest BCUT2D eigenvalue weighted by molar-refractivity contribution is 6.27. The molecule has 262 valence electrons. The van der Waals surface area contributed by atoms with Gasteiger partial charge in [-0.1, -0.05) is 146 Å². The number of para-hydroxylation sites is 1. The molecular formula is C54H30N2O. The van der Waals surface area contributed by atoms with E-state index < -0.39 is 0 Å². The molecule has 0 saturated heterocycles. The highest BCUT2D eigenvalue weighted by Crippen LogP contribution is 2.49. The van der Waals surface area contributed by atoms with E-state index in [1.54, 1.807) is 0 Å². The van der Waals surface area contributed by atoms with Crippen LogP contribution in [0.3, 0.4) is 0 Å². The van der Waals surface area contributed by atoms with E-state index >= 15 is 0 Å². The van der Waals surface area contributed by atoms with E-state index in [-0.39, 0.29) is 0 Å². The summed E-state index contributed by atoms with van der Waals surface area (Å²) in [7, 11) is 0. The van der Waals surface area contributed by atoms with Crippen molar-refractivity contribution in [2.24, 2.45) is 0 Å². The molecule has 0 aliphatic carbocycles. The van der Waals surface area contributed by atoms with E-state index in [0.29, 0.717) is 5.56 Å². The van der Waals surface area contributed by atoms with Crippen LogP contribution < -0.4 is 4.74 Å². The van der Waals surface area contributed by atoms with Crippen LogP contribution in [0.25, 0.3) is 110 Å². The number of hydrogen-bond acceptors (Lipinski definition) is 3. The van der Waals surface area contributed by atoms with Crippen molar-refractivity contribution in [3.05, 3.63) is 188 Å². The summed E-state index contributed by atoms with van der Waals surface area (Å²) in [5, 5.41) is 20.5. The van der Waals surface area contributed by atoms with Crippen LogP contribution >= 0.6 is 0 Å².